The first-order chi connectivity index (χ1) is 10.5. The van der Waals surface area contributed by atoms with Gasteiger partial charge in [0.15, 0.2) is 0 Å². The van der Waals surface area contributed by atoms with Gasteiger partial charge in [-0.05, 0) is 43.7 Å². The minimum Gasteiger partial charge on any atom is -0.337 e. The number of nitrogens with zero attached hydrogens (tertiary/aromatic N) is 3. The van der Waals surface area contributed by atoms with Gasteiger partial charge in [-0.25, -0.2) is 0 Å². The lowest BCUT2D eigenvalue weighted by Crippen LogP contribution is -2.25. The second kappa shape index (κ2) is 5.88. The fourth-order valence-electron chi connectivity index (χ4n) is 3.03. The van der Waals surface area contributed by atoms with E-state index >= 15 is 0 Å². The van der Waals surface area contributed by atoms with Crippen molar-refractivity contribution in [1.82, 2.24) is 14.7 Å². The second-order valence-corrected chi connectivity index (χ2v) is 7.58. The fraction of sp³-hybridized carbons (Fsp3) is 0.529. The van der Waals surface area contributed by atoms with Gasteiger partial charge >= 0.3 is 0 Å². The predicted octanol–water partition coefficient (Wildman–Crippen LogP) is 3.19. The Morgan fingerprint density at radius 2 is 2.32 bits per heavy atom. The Balaban J connectivity index is 1.75. The zero-order valence-electron chi connectivity index (χ0n) is 13.7. The first kappa shape index (κ1) is 15.3. The molecule has 2 aromatic rings. The summed E-state index contributed by atoms with van der Waals surface area (Å²) in [5.41, 5.74) is 3.60. The highest BCUT2D eigenvalue weighted by Crippen LogP contribution is 2.32. The average Bonchev–Trinajstić information content (AvgIpc) is 3.04. The average molecular weight is 317 g/mol. The molecule has 0 fully saturated rings. The van der Waals surface area contributed by atoms with Crippen molar-refractivity contribution in [2.75, 3.05) is 7.05 Å². The van der Waals surface area contributed by atoms with E-state index in [1.54, 1.807) is 16.2 Å². The van der Waals surface area contributed by atoms with Crippen LogP contribution in [0.5, 0.6) is 0 Å². The number of aromatic nitrogens is 2. The molecule has 0 aromatic carbocycles. The molecule has 0 spiro atoms. The van der Waals surface area contributed by atoms with Crippen molar-refractivity contribution in [3.63, 3.8) is 0 Å². The molecule has 1 aliphatic carbocycles. The van der Waals surface area contributed by atoms with Crippen molar-refractivity contribution in [1.29, 1.82) is 0 Å². The third-order valence-corrected chi connectivity index (χ3v) is 5.86. The molecule has 2 heterocycles. The van der Waals surface area contributed by atoms with Gasteiger partial charge in [0, 0.05) is 36.8 Å². The topological polar surface area (TPSA) is 38.1 Å². The molecule has 0 radical (unpaired) electrons. The van der Waals surface area contributed by atoms with E-state index in [0.717, 1.165) is 34.9 Å². The summed E-state index contributed by atoms with van der Waals surface area (Å²) in [7, 11) is 3.80. The normalized spacial score (nSPS) is 17.4. The van der Waals surface area contributed by atoms with Crippen LogP contribution in [0.4, 0.5) is 0 Å². The molecule has 1 aliphatic rings. The molecular formula is C17H23N3OS. The summed E-state index contributed by atoms with van der Waals surface area (Å²) in [6.45, 7) is 4.93. The monoisotopic (exact) mass is 317 g/mol. The van der Waals surface area contributed by atoms with Crippen LogP contribution >= 0.6 is 11.3 Å². The van der Waals surface area contributed by atoms with Crippen molar-refractivity contribution in [3.05, 3.63) is 38.8 Å². The molecule has 0 aliphatic heterocycles. The van der Waals surface area contributed by atoms with Crippen LogP contribution in [0.1, 0.15) is 44.7 Å². The first-order valence-electron chi connectivity index (χ1n) is 7.80. The Morgan fingerprint density at radius 1 is 1.55 bits per heavy atom. The Labute approximate surface area is 135 Å². The van der Waals surface area contributed by atoms with E-state index in [1.807, 2.05) is 31.9 Å². The van der Waals surface area contributed by atoms with Crippen molar-refractivity contribution in [3.8, 4) is 0 Å². The van der Waals surface area contributed by atoms with E-state index in [4.69, 9.17) is 0 Å². The van der Waals surface area contributed by atoms with E-state index in [-0.39, 0.29) is 5.91 Å². The number of hydrogen-bond acceptors (Lipinski definition) is 3. The maximum absolute atomic E-state index is 12.7. The Kier molecular flexibility index (Phi) is 4.08. The molecule has 4 nitrogen and oxygen atoms in total. The molecule has 22 heavy (non-hydrogen) atoms. The second-order valence-electron chi connectivity index (χ2n) is 6.45. The molecule has 118 valence electrons. The highest BCUT2D eigenvalue weighted by atomic mass is 32.1. The van der Waals surface area contributed by atoms with Crippen LogP contribution < -0.4 is 0 Å². The minimum atomic E-state index is 0.121. The quantitative estimate of drug-likeness (QED) is 0.872. The van der Waals surface area contributed by atoms with Crippen LogP contribution in [0.25, 0.3) is 0 Å². The smallest absolute Gasteiger partial charge is 0.263 e. The molecule has 0 N–H and O–H groups in total. The number of hydrogen-bond donors (Lipinski definition) is 0. The summed E-state index contributed by atoms with van der Waals surface area (Å²) in [4.78, 5) is 16.8. The number of carbonyl (C=O) groups is 1. The summed E-state index contributed by atoms with van der Waals surface area (Å²) in [6, 6.07) is 2.12. The third-order valence-electron chi connectivity index (χ3n) is 4.63. The number of fused-ring (bicyclic) bond motifs is 1. The van der Waals surface area contributed by atoms with Gasteiger partial charge in [-0.3, -0.25) is 9.48 Å². The van der Waals surface area contributed by atoms with E-state index in [2.05, 4.69) is 18.1 Å². The zero-order chi connectivity index (χ0) is 15.9. The highest BCUT2D eigenvalue weighted by molar-refractivity contribution is 7.14. The molecule has 0 bridgehead atoms. The lowest BCUT2D eigenvalue weighted by atomic mass is 9.90. The van der Waals surface area contributed by atoms with Crippen LogP contribution in [0.15, 0.2) is 12.3 Å². The Bertz CT molecular complexity index is 701. The molecule has 1 atom stereocenters. The van der Waals surface area contributed by atoms with Crippen LogP contribution in [-0.4, -0.2) is 27.6 Å². The molecule has 3 rings (SSSR count). The molecule has 0 saturated heterocycles. The van der Waals surface area contributed by atoms with Crippen LogP contribution in [0, 0.1) is 12.8 Å². The van der Waals surface area contributed by atoms with Crippen molar-refractivity contribution in [2.45, 2.75) is 39.7 Å². The third kappa shape index (κ3) is 2.82. The van der Waals surface area contributed by atoms with Crippen LogP contribution in [0.3, 0.4) is 0 Å². The molecular weight excluding hydrogens is 294 g/mol. The van der Waals surface area contributed by atoms with Crippen molar-refractivity contribution in [2.24, 2.45) is 13.0 Å². The number of thiophene rings is 1. The summed E-state index contributed by atoms with van der Waals surface area (Å²) in [6.07, 6.45) is 5.33. The largest absolute Gasteiger partial charge is 0.337 e. The molecule has 5 heteroatoms. The maximum Gasteiger partial charge on any atom is 0.263 e. The van der Waals surface area contributed by atoms with Gasteiger partial charge in [-0.1, -0.05) is 6.92 Å². The number of aryl methyl sites for hydroxylation is 2. The lowest BCUT2D eigenvalue weighted by molar-refractivity contribution is 0.0789. The maximum atomic E-state index is 12.7. The van der Waals surface area contributed by atoms with Crippen molar-refractivity contribution < 1.29 is 4.79 Å². The van der Waals surface area contributed by atoms with Gasteiger partial charge in [-0.15, -0.1) is 11.3 Å². The van der Waals surface area contributed by atoms with Gasteiger partial charge in [0.2, 0.25) is 0 Å². The molecule has 0 unspecified atom stereocenters. The molecule has 1 amide bonds. The van der Waals surface area contributed by atoms with E-state index in [0.29, 0.717) is 6.54 Å². The summed E-state index contributed by atoms with van der Waals surface area (Å²) in [5, 5.41) is 4.24. The predicted molar refractivity (Wildman–Crippen MR) is 89.3 cm³/mol. The number of rotatable bonds is 3. The minimum absolute atomic E-state index is 0.121. The standard InChI is InChI=1S/C17H23N3OS/c1-11-5-6-15-13(7-11)8-16(22-15)17(21)19(3)10-14-9-18-20(4)12(14)2/h8-9,11H,5-7,10H2,1-4H3/t11-/m0/s1. The zero-order valence-corrected chi connectivity index (χ0v) is 14.5. The number of amides is 1. The first-order valence-corrected chi connectivity index (χ1v) is 8.62. The molecule has 0 saturated carbocycles. The van der Waals surface area contributed by atoms with E-state index in [1.165, 1.54) is 16.9 Å². The van der Waals surface area contributed by atoms with Gasteiger partial charge in [0.05, 0.1) is 11.1 Å². The van der Waals surface area contributed by atoms with Crippen LogP contribution in [0.2, 0.25) is 0 Å². The summed E-state index contributed by atoms with van der Waals surface area (Å²) < 4.78 is 1.85. The van der Waals surface area contributed by atoms with Crippen molar-refractivity contribution >= 4 is 17.2 Å². The van der Waals surface area contributed by atoms with Gasteiger partial charge < -0.3 is 4.90 Å². The highest BCUT2D eigenvalue weighted by Gasteiger charge is 2.22. The van der Waals surface area contributed by atoms with Gasteiger partial charge in [0.25, 0.3) is 5.91 Å². The van der Waals surface area contributed by atoms with Gasteiger partial charge in [-0.2, -0.15) is 5.10 Å². The van der Waals surface area contributed by atoms with E-state index < -0.39 is 0 Å². The summed E-state index contributed by atoms with van der Waals surface area (Å²) >= 11 is 1.68. The molecule has 2 aromatic heterocycles. The van der Waals surface area contributed by atoms with Crippen LogP contribution in [-0.2, 0) is 26.4 Å². The van der Waals surface area contributed by atoms with Gasteiger partial charge in [0.1, 0.15) is 0 Å². The SMILES string of the molecule is Cc1c(CN(C)C(=O)c2cc3c(s2)CC[C@H](C)C3)cnn1C. The number of carbonyl (C=O) groups excluding carboxylic acids is 1. The summed E-state index contributed by atoms with van der Waals surface area (Å²) in [5.74, 6) is 0.858. The Hall–Kier alpha value is -1.62. The Morgan fingerprint density at radius 3 is 3.00 bits per heavy atom. The van der Waals surface area contributed by atoms with E-state index in [9.17, 15) is 4.79 Å². The lowest BCUT2D eigenvalue weighted by Gasteiger charge is -2.16. The fourth-order valence-corrected chi connectivity index (χ4v) is 4.23.